The second-order valence-electron chi connectivity index (χ2n) is 6.39. The average molecular weight is 292 g/mol. The Bertz CT molecular complexity index is 359. The van der Waals surface area contributed by atoms with Crippen LogP contribution in [-0.2, 0) is 9.53 Å². The lowest BCUT2D eigenvalue weighted by atomic mass is 9.95. The standard InChI is InChI=1S/C19H32O2/c1-16(2)18(19(20)21-3)15-17-13-11-9-7-5-4-6-8-10-12-14-17/h15H,4-14H2,1-3H3. The van der Waals surface area contributed by atoms with Gasteiger partial charge in [0.05, 0.1) is 12.7 Å². The number of carbonyl (C=O) groups excluding carboxylic acids is 1. The summed E-state index contributed by atoms with van der Waals surface area (Å²) in [6.45, 7) is 3.97. The third-order valence-corrected chi connectivity index (χ3v) is 4.29. The molecule has 0 aromatic carbocycles. The van der Waals surface area contributed by atoms with E-state index in [-0.39, 0.29) is 5.97 Å². The molecule has 1 rings (SSSR count). The highest BCUT2D eigenvalue weighted by atomic mass is 16.5. The minimum absolute atomic E-state index is 0.200. The molecule has 1 aliphatic rings. The molecule has 1 aliphatic carbocycles. The molecule has 0 saturated heterocycles. The van der Waals surface area contributed by atoms with Crippen LogP contribution in [0.4, 0.5) is 0 Å². The van der Waals surface area contributed by atoms with Crippen molar-refractivity contribution < 1.29 is 9.53 Å². The molecular weight excluding hydrogens is 260 g/mol. The molecule has 2 nitrogen and oxygen atoms in total. The zero-order valence-electron chi connectivity index (χ0n) is 14.2. The molecule has 0 spiro atoms. The van der Waals surface area contributed by atoms with Gasteiger partial charge in [-0.3, -0.25) is 0 Å². The maximum Gasteiger partial charge on any atom is 0.337 e. The van der Waals surface area contributed by atoms with Crippen LogP contribution in [0.2, 0.25) is 0 Å². The SMILES string of the molecule is COC(=O)C(C=C1CCCCCCCCCCC1)=C(C)C. The summed E-state index contributed by atoms with van der Waals surface area (Å²) in [5, 5.41) is 0. The number of methoxy groups -OCH3 is 1. The highest BCUT2D eigenvalue weighted by molar-refractivity contribution is 5.92. The van der Waals surface area contributed by atoms with Crippen LogP contribution >= 0.6 is 0 Å². The Balaban J connectivity index is 2.74. The molecule has 0 bridgehead atoms. The molecule has 1 saturated carbocycles. The van der Waals surface area contributed by atoms with E-state index >= 15 is 0 Å². The van der Waals surface area contributed by atoms with Gasteiger partial charge >= 0.3 is 5.97 Å². The minimum atomic E-state index is -0.200. The summed E-state index contributed by atoms with van der Waals surface area (Å²) in [6.07, 6.45) is 16.4. The largest absolute Gasteiger partial charge is 0.465 e. The molecule has 0 radical (unpaired) electrons. The van der Waals surface area contributed by atoms with Gasteiger partial charge < -0.3 is 4.74 Å². The minimum Gasteiger partial charge on any atom is -0.465 e. The van der Waals surface area contributed by atoms with E-state index in [0.29, 0.717) is 0 Å². The molecule has 0 aromatic heterocycles. The second-order valence-corrected chi connectivity index (χ2v) is 6.39. The maximum absolute atomic E-state index is 11.9. The lowest BCUT2D eigenvalue weighted by molar-refractivity contribution is -0.135. The van der Waals surface area contributed by atoms with E-state index in [0.717, 1.165) is 24.0 Å². The molecule has 21 heavy (non-hydrogen) atoms. The number of allylic oxidation sites excluding steroid dienone is 2. The summed E-state index contributed by atoms with van der Waals surface area (Å²) in [4.78, 5) is 11.9. The quantitative estimate of drug-likeness (QED) is 0.480. The molecule has 0 heterocycles. The van der Waals surface area contributed by atoms with Crippen LogP contribution in [0.25, 0.3) is 0 Å². The van der Waals surface area contributed by atoms with E-state index in [4.69, 9.17) is 4.74 Å². The number of rotatable bonds is 2. The van der Waals surface area contributed by atoms with Crippen molar-refractivity contribution in [1.82, 2.24) is 0 Å². The van der Waals surface area contributed by atoms with E-state index in [1.165, 1.54) is 70.5 Å². The van der Waals surface area contributed by atoms with Crippen molar-refractivity contribution in [2.24, 2.45) is 0 Å². The summed E-state index contributed by atoms with van der Waals surface area (Å²) in [5.74, 6) is -0.200. The zero-order valence-corrected chi connectivity index (χ0v) is 14.2. The summed E-state index contributed by atoms with van der Waals surface area (Å²) >= 11 is 0. The first kappa shape index (κ1) is 18.0. The third-order valence-electron chi connectivity index (χ3n) is 4.29. The number of hydrogen-bond acceptors (Lipinski definition) is 2. The summed E-state index contributed by atoms with van der Waals surface area (Å²) in [5.41, 5.74) is 3.22. The van der Waals surface area contributed by atoms with Gasteiger partial charge in [-0.05, 0) is 45.6 Å². The van der Waals surface area contributed by atoms with E-state index < -0.39 is 0 Å². The van der Waals surface area contributed by atoms with Crippen molar-refractivity contribution in [3.05, 3.63) is 22.8 Å². The van der Waals surface area contributed by atoms with E-state index in [1.54, 1.807) is 0 Å². The zero-order chi connectivity index (χ0) is 15.5. The highest BCUT2D eigenvalue weighted by Gasteiger charge is 2.10. The van der Waals surface area contributed by atoms with Crippen molar-refractivity contribution in [2.75, 3.05) is 7.11 Å². The second kappa shape index (κ2) is 10.6. The smallest absolute Gasteiger partial charge is 0.337 e. The Labute approximate surface area is 130 Å². The molecule has 0 N–H and O–H groups in total. The molecule has 0 aliphatic heterocycles. The van der Waals surface area contributed by atoms with Gasteiger partial charge in [0.2, 0.25) is 0 Å². The Morgan fingerprint density at radius 2 is 1.29 bits per heavy atom. The van der Waals surface area contributed by atoms with Crippen molar-refractivity contribution in [3.63, 3.8) is 0 Å². The van der Waals surface area contributed by atoms with E-state index in [2.05, 4.69) is 6.08 Å². The van der Waals surface area contributed by atoms with Gasteiger partial charge in [-0.15, -0.1) is 0 Å². The van der Waals surface area contributed by atoms with Crippen molar-refractivity contribution >= 4 is 5.97 Å². The van der Waals surface area contributed by atoms with Crippen molar-refractivity contribution in [1.29, 1.82) is 0 Å². The highest BCUT2D eigenvalue weighted by Crippen LogP contribution is 2.22. The van der Waals surface area contributed by atoms with Gasteiger partial charge in [-0.1, -0.05) is 56.1 Å². The molecule has 0 atom stereocenters. The topological polar surface area (TPSA) is 26.3 Å². The third kappa shape index (κ3) is 7.50. The number of esters is 1. The fourth-order valence-electron chi connectivity index (χ4n) is 2.93. The Morgan fingerprint density at radius 1 is 0.857 bits per heavy atom. The summed E-state index contributed by atoms with van der Waals surface area (Å²) in [6, 6.07) is 0. The maximum atomic E-state index is 11.9. The van der Waals surface area contributed by atoms with Crippen molar-refractivity contribution in [2.45, 2.75) is 84.5 Å². The summed E-state index contributed by atoms with van der Waals surface area (Å²) < 4.78 is 4.91. The first-order valence-electron chi connectivity index (χ1n) is 8.60. The molecule has 2 heteroatoms. The van der Waals surface area contributed by atoms with Gasteiger partial charge in [0, 0.05) is 0 Å². The Kier molecular flexibility index (Phi) is 9.12. The lowest BCUT2D eigenvalue weighted by Gasteiger charge is -2.12. The van der Waals surface area contributed by atoms with Gasteiger partial charge in [-0.25, -0.2) is 4.79 Å². The van der Waals surface area contributed by atoms with E-state index in [1.807, 2.05) is 13.8 Å². The molecule has 0 amide bonds. The number of carbonyl (C=O) groups is 1. The van der Waals surface area contributed by atoms with Crippen LogP contribution < -0.4 is 0 Å². The fraction of sp³-hybridized carbons (Fsp3) is 0.737. The van der Waals surface area contributed by atoms with Crippen LogP contribution in [0.3, 0.4) is 0 Å². The molecule has 0 aromatic rings. The number of ether oxygens (including phenoxy) is 1. The molecule has 0 unspecified atom stereocenters. The Morgan fingerprint density at radius 3 is 1.67 bits per heavy atom. The van der Waals surface area contributed by atoms with Gasteiger partial charge in [0.15, 0.2) is 0 Å². The predicted molar refractivity (Wildman–Crippen MR) is 89.3 cm³/mol. The van der Waals surface area contributed by atoms with Crippen LogP contribution in [-0.4, -0.2) is 13.1 Å². The monoisotopic (exact) mass is 292 g/mol. The molecule has 1 fully saturated rings. The van der Waals surface area contributed by atoms with Gasteiger partial charge in [0.25, 0.3) is 0 Å². The Hall–Kier alpha value is -1.05. The number of hydrogen-bond donors (Lipinski definition) is 0. The van der Waals surface area contributed by atoms with Crippen LogP contribution in [0.5, 0.6) is 0 Å². The van der Waals surface area contributed by atoms with Crippen LogP contribution in [0.1, 0.15) is 84.5 Å². The van der Waals surface area contributed by atoms with Crippen LogP contribution in [0.15, 0.2) is 22.8 Å². The first-order valence-corrected chi connectivity index (χ1v) is 8.60. The normalized spacial score (nSPS) is 18.1. The van der Waals surface area contributed by atoms with Crippen molar-refractivity contribution in [3.8, 4) is 0 Å². The van der Waals surface area contributed by atoms with Crippen LogP contribution in [0, 0.1) is 0 Å². The van der Waals surface area contributed by atoms with E-state index in [9.17, 15) is 4.79 Å². The predicted octanol–water partition coefficient (Wildman–Crippen LogP) is 5.73. The fourth-order valence-corrected chi connectivity index (χ4v) is 2.93. The molecular formula is C19H32O2. The first-order chi connectivity index (χ1) is 10.1. The lowest BCUT2D eigenvalue weighted by Crippen LogP contribution is -2.05. The summed E-state index contributed by atoms with van der Waals surface area (Å²) in [7, 11) is 1.46. The van der Waals surface area contributed by atoms with Gasteiger partial charge in [-0.2, -0.15) is 0 Å². The van der Waals surface area contributed by atoms with Gasteiger partial charge in [0.1, 0.15) is 0 Å². The molecule has 120 valence electrons. The average Bonchev–Trinajstić information content (AvgIpc) is 2.45.